The van der Waals surface area contributed by atoms with Crippen LogP contribution in [0.25, 0.3) is 16.9 Å². The number of aromatic carboxylic acids is 1. The number of aromatic nitrogens is 2. The lowest BCUT2D eigenvalue weighted by molar-refractivity contribution is 0.0696. The van der Waals surface area contributed by atoms with E-state index in [1.165, 1.54) is 12.3 Å². The summed E-state index contributed by atoms with van der Waals surface area (Å²) in [6, 6.07) is 9.60. The van der Waals surface area contributed by atoms with Crippen molar-refractivity contribution >= 4 is 23.1 Å². The Morgan fingerprint density at radius 3 is 2.75 bits per heavy atom. The summed E-state index contributed by atoms with van der Waals surface area (Å²) >= 11 is 6.06. The molecule has 3 aromatic rings. The van der Waals surface area contributed by atoms with E-state index < -0.39 is 5.97 Å². The van der Waals surface area contributed by atoms with E-state index in [1.807, 2.05) is 0 Å². The van der Waals surface area contributed by atoms with Crippen LogP contribution in [0, 0.1) is 0 Å². The van der Waals surface area contributed by atoms with Crippen molar-refractivity contribution in [1.29, 1.82) is 0 Å². The lowest BCUT2D eigenvalue weighted by Gasteiger charge is -2.03. The standard InChI is InChI=1S/C14H9ClN2O3/c15-12-11-5-4-9(14(19)20)7-17(11)13(16-12)8-2-1-3-10(18)6-8/h1-7,18H,(H,19,20). The average Bonchev–Trinajstić information content (AvgIpc) is 2.76. The monoisotopic (exact) mass is 288 g/mol. The molecule has 0 aliphatic heterocycles. The molecule has 1 aromatic carbocycles. The van der Waals surface area contributed by atoms with Crippen molar-refractivity contribution in [3.63, 3.8) is 0 Å². The van der Waals surface area contributed by atoms with E-state index in [-0.39, 0.29) is 16.5 Å². The van der Waals surface area contributed by atoms with Crippen LogP contribution in [0.15, 0.2) is 42.6 Å². The molecule has 5 nitrogen and oxygen atoms in total. The number of imidazole rings is 1. The number of hydrogen-bond donors (Lipinski definition) is 2. The summed E-state index contributed by atoms with van der Waals surface area (Å²) in [5.74, 6) is -0.452. The summed E-state index contributed by atoms with van der Waals surface area (Å²) in [5, 5.41) is 18.9. The fourth-order valence-electron chi connectivity index (χ4n) is 2.02. The summed E-state index contributed by atoms with van der Waals surface area (Å²) in [7, 11) is 0. The molecule has 0 saturated carbocycles. The van der Waals surface area contributed by atoms with Gasteiger partial charge in [0.05, 0.1) is 11.1 Å². The highest BCUT2D eigenvalue weighted by atomic mass is 35.5. The maximum atomic E-state index is 11.0. The van der Waals surface area contributed by atoms with Crippen LogP contribution in [0.3, 0.4) is 0 Å². The van der Waals surface area contributed by atoms with Crippen LogP contribution >= 0.6 is 11.6 Å². The van der Waals surface area contributed by atoms with Crippen molar-refractivity contribution in [2.45, 2.75) is 0 Å². The minimum atomic E-state index is -1.03. The van der Waals surface area contributed by atoms with E-state index in [0.29, 0.717) is 16.9 Å². The zero-order valence-corrected chi connectivity index (χ0v) is 10.9. The number of carboxylic acid groups (broad SMARTS) is 1. The second-order valence-electron chi connectivity index (χ2n) is 4.25. The highest BCUT2D eigenvalue weighted by Gasteiger charge is 2.13. The predicted octanol–water partition coefficient (Wildman–Crippen LogP) is 3.06. The Kier molecular flexibility index (Phi) is 2.84. The van der Waals surface area contributed by atoms with E-state index in [2.05, 4.69) is 4.98 Å². The van der Waals surface area contributed by atoms with E-state index in [4.69, 9.17) is 16.7 Å². The minimum absolute atomic E-state index is 0.102. The largest absolute Gasteiger partial charge is 0.508 e. The molecule has 2 aromatic heterocycles. The normalized spacial score (nSPS) is 10.8. The summed E-state index contributed by atoms with van der Waals surface area (Å²) in [5.41, 5.74) is 1.39. The summed E-state index contributed by atoms with van der Waals surface area (Å²) in [6.07, 6.45) is 1.45. The zero-order valence-electron chi connectivity index (χ0n) is 10.1. The first kappa shape index (κ1) is 12.5. The topological polar surface area (TPSA) is 74.8 Å². The predicted molar refractivity (Wildman–Crippen MR) is 74.3 cm³/mol. The smallest absolute Gasteiger partial charge is 0.337 e. The molecule has 0 aliphatic carbocycles. The van der Waals surface area contributed by atoms with Crippen molar-refractivity contribution in [3.8, 4) is 17.1 Å². The van der Waals surface area contributed by atoms with Crippen molar-refractivity contribution < 1.29 is 15.0 Å². The molecule has 2 heterocycles. The molecule has 3 rings (SSSR count). The molecule has 100 valence electrons. The molecule has 6 heteroatoms. The number of aromatic hydroxyl groups is 1. The third-order valence-electron chi connectivity index (χ3n) is 2.94. The van der Waals surface area contributed by atoms with E-state index in [1.54, 1.807) is 34.7 Å². The van der Waals surface area contributed by atoms with Gasteiger partial charge < -0.3 is 10.2 Å². The Morgan fingerprint density at radius 2 is 2.05 bits per heavy atom. The molecule has 0 saturated heterocycles. The lowest BCUT2D eigenvalue weighted by atomic mass is 10.2. The number of nitrogens with zero attached hydrogens (tertiary/aromatic N) is 2. The Labute approximate surface area is 118 Å². The van der Waals surface area contributed by atoms with Gasteiger partial charge in [0.15, 0.2) is 5.15 Å². The van der Waals surface area contributed by atoms with Crippen LogP contribution in [0.1, 0.15) is 10.4 Å². The Morgan fingerprint density at radius 1 is 1.25 bits per heavy atom. The van der Waals surface area contributed by atoms with E-state index >= 15 is 0 Å². The molecule has 0 atom stereocenters. The van der Waals surface area contributed by atoms with Crippen LogP contribution < -0.4 is 0 Å². The van der Waals surface area contributed by atoms with Gasteiger partial charge in [-0.15, -0.1) is 0 Å². The molecule has 0 unspecified atom stereocenters. The molecule has 0 bridgehead atoms. The highest BCUT2D eigenvalue weighted by molar-refractivity contribution is 6.33. The number of pyridine rings is 1. The third-order valence-corrected chi connectivity index (χ3v) is 3.22. The fraction of sp³-hybridized carbons (Fsp3) is 0. The van der Waals surface area contributed by atoms with Crippen molar-refractivity contribution in [1.82, 2.24) is 9.38 Å². The Bertz CT molecular complexity index is 826. The van der Waals surface area contributed by atoms with Crippen molar-refractivity contribution in [2.75, 3.05) is 0 Å². The summed E-state index contributed by atoms with van der Waals surface area (Å²) in [6.45, 7) is 0. The van der Waals surface area contributed by atoms with Gasteiger partial charge in [0, 0.05) is 11.8 Å². The molecule has 20 heavy (non-hydrogen) atoms. The van der Waals surface area contributed by atoms with Gasteiger partial charge in [-0.05, 0) is 24.3 Å². The Balaban J connectivity index is 2.30. The molecule has 0 fully saturated rings. The van der Waals surface area contributed by atoms with Crippen LogP contribution in [-0.2, 0) is 0 Å². The average molecular weight is 289 g/mol. The minimum Gasteiger partial charge on any atom is -0.508 e. The number of phenolic OH excluding ortho intramolecular Hbond substituents is 1. The molecular weight excluding hydrogens is 280 g/mol. The second-order valence-corrected chi connectivity index (χ2v) is 4.61. The van der Waals surface area contributed by atoms with Gasteiger partial charge >= 0.3 is 5.97 Å². The van der Waals surface area contributed by atoms with Gasteiger partial charge in [-0.3, -0.25) is 4.40 Å². The van der Waals surface area contributed by atoms with Gasteiger partial charge in [-0.2, -0.15) is 0 Å². The van der Waals surface area contributed by atoms with Crippen LogP contribution in [0.5, 0.6) is 5.75 Å². The number of halogens is 1. The lowest BCUT2D eigenvalue weighted by Crippen LogP contribution is -1.99. The number of hydrogen-bond acceptors (Lipinski definition) is 3. The van der Waals surface area contributed by atoms with Crippen LogP contribution in [0.2, 0.25) is 5.15 Å². The number of fused-ring (bicyclic) bond motifs is 1. The molecule has 0 spiro atoms. The van der Waals surface area contributed by atoms with Crippen molar-refractivity contribution in [2.24, 2.45) is 0 Å². The van der Waals surface area contributed by atoms with Gasteiger partial charge in [0.1, 0.15) is 11.6 Å². The highest BCUT2D eigenvalue weighted by Crippen LogP contribution is 2.28. The zero-order chi connectivity index (χ0) is 14.3. The first-order chi connectivity index (χ1) is 9.56. The first-order valence-corrected chi connectivity index (χ1v) is 6.14. The summed E-state index contributed by atoms with van der Waals surface area (Å²) < 4.78 is 1.60. The van der Waals surface area contributed by atoms with Crippen LogP contribution in [0.4, 0.5) is 0 Å². The molecule has 0 amide bonds. The summed E-state index contributed by atoms with van der Waals surface area (Å²) in [4.78, 5) is 15.3. The van der Waals surface area contributed by atoms with Gasteiger partial charge in [-0.25, -0.2) is 9.78 Å². The second kappa shape index (κ2) is 4.54. The van der Waals surface area contributed by atoms with Gasteiger partial charge in [-0.1, -0.05) is 23.7 Å². The number of carboxylic acids is 1. The fourth-order valence-corrected chi connectivity index (χ4v) is 2.26. The third kappa shape index (κ3) is 1.98. The molecule has 0 radical (unpaired) electrons. The van der Waals surface area contributed by atoms with E-state index in [0.717, 1.165) is 0 Å². The SMILES string of the molecule is O=C(O)c1ccc2c(Cl)nc(-c3cccc(O)c3)n2c1. The number of benzene rings is 1. The van der Waals surface area contributed by atoms with Crippen LogP contribution in [-0.4, -0.2) is 25.6 Å². The number of phenols is 1. The maximum absolute atomic E-state index is 11.0. The molecular formula is C14H9ClN2O3. The quantitative estimate of drug-likeness (QED) is 0.760. The van der Waals surface area contributed by atoms with Gasteiger partial charge in [0.2, 0.25) is 0 Å². The van der Waals surface area contributed by atoms with Crippen molar-refractivity contribution in [3.05, 3.63) is 53.3 Å². The van der Waals surface area contributed by atoms with Gasteiger partial charge in [0.25, 0.3) is 0 Å². The number of carbonyl (C=O) groups is 1. The number of rotatable bonds is 2. The molecule has 0 aliphatic rings. The first-order valence-electron chi connectivity index (χ1n) is 5.76. The Hall–Kier alpha value is -2.53. The maximum Gasteiger partial charge on any atom is 0.337 e. The van der Waals surface area contributed by atoms with E-state index in [9.17, 15) is 9.90 Å². The molecule has 2 N–H and O–H groups in total.